The van der Waals surface area contributed by atoms with Crippen LogP contribution in [0.1, 0.15) is 25.5 Å². The lowest BCUT2D eigenvalue weighted by Crippen LogP contribution is -2.53. The first-order valence-corrected chi connectivity index (χ1v) is 7.86. The van der Waals surface area contributed by atoms with Crippen molar-refractivity contribution in [1.82, 2.24) is 9.80 Å². The number of halogens is 2. The van der Waals surface area contributed by atoms with E-state index in [2.05, 4.69) is 18.7 Å². The number of nitrogens with zero attached hydrogens (tertiary/aromatic N) is 2. The lowest BCUT2D eigenvalue weighted by atomic mass is 10.0. The first-order valence-electron chi connectivity index (χ1n) is 7.10. The molecular weight excluding hydrogens is 311 g/mol. The molecule has 0 spiro atoms. The van der Waals surface area contributed by atoms with Crippen LogP contribution in [0.4, 0.5) is 0 Å². The molecule has 0 radical (unpaired) electrons. The molecule has 1 aromatic rings. The number of hydrogen-bond donors (Lipinski definition) is 1. The number of carboxylic acids is 1. The number of benzene rings is 1. The van der Waals surface area contributed by atoms with Gasteiger partial charge in [-0.15, -0.1) is 0 Å². The Hall–Kier alpha value is -0.810. The van der Waals surface area contributed by atoms with Gasteiger partial charge in [-0.05, 0) is 25.6 Å². The zero-order chi connectivity index (χ0) is 15.6. The maximum Gasteiger partial charge on any atom is 0.325 e. The van der Waals surface area contributed by atoms with E-state index in [4.69, 9.17) is 23.2 Å². The summed E-state index contributed by atoms with van der Waals surface area (Å²) in [5, 5.41) is 10.5. The van der Waals surface area contributed by atoms with Gasteiger partial charge in [0.15, 0.2) is 0 Å². The SMILES string of the molecule is CCN1CCN(C(C(=O)O)c2c(Cl)cccc2Cl)CC1C. The van der Waals surface area contributed by atoms with Crippen LogP contribution in [0.5, 0.6) is 0 Å². The molecule has 0 aliphatic carbocycles. The normalized spacial score (nSPS) is 22.2. The Morgan fingerprint density at radius 1 is 1.38 bits per heavy atom. The number of rotatable bonds is 4. The van der Waals surface area contributed by atoms with Crippen molar-refractivity contribution >= 4 is 29.2 Å². The van der Waals surface area contributed by atoms with Crippen LogP contribution < -0.4 is 0 Å². The molecule has 6 heteroatoms. The Morgan fingerprint density at radius 2 is 2.00 bits per heavy atom. The van der Waals surface area contributed by atoms with Crippen LogP contribution in [-0.2, 0) is 4.79 Å². The molecule has 0 aromatic heterocycles. The zero-order valence-corrected chi connectivity index (χ0v) is 13.7. The van der Waals surface area contributed by atoms with E-state index in [9.17, 15) is 9.90 Å². The van der Waals surface area contributed by atoms with Gasteiger partial charge in [-0.2, -0.15) is 0 Å². The van der Waals surface area contributed by atoms with Crippen molar-refractivity contribution in [3.05, 3.63) is 33.8 Å². The summed E-state index contributed by atoms with van der Waals surface area (Å²) in [7, 11) is 0. The van der Waals surface area contributed by atoms with E-state index in [1.807, 2.05) is 4.90 Å². The second-order valence-electron chi connectivity index (χ2n) is 5.35. The van der Waals surface area contributed by atoms with Gasteiger partial charge in [-0.1, -0.05) is 36.2 Å². The van der Waals surface area contributed by atoms with Crippen LogP contribution in [0.3, 0.4) is 0 Å². The predicted octanol–water partition coefficient (Wildman–Crippen LogP) is 3.15. The molecule has 2 unspecified atom stereocenters. The molecule has 1 N–H and O–H groups in total. The highest BCUT2D eigenvalue weighted by molar-refractivity contribution is 6.36. The van der Waals surface area contributed by atoms with Gasteiger partial charge in [0.2, 0.25) is 0 Å². The molecule has 1 saturated heterocycles. The number of carbonyl (C=O) groups is 1. The quantitative estimate of drug-likeness (QED) is 0.921. The largest absolute Gasteiger partial charge is 0.480 e. The molecule has 0 amide bonds. The highest BCUT2D eigenvalue weighted by atomic mass is 35.5. The lowest BCUT2D eigenvalue weighted by molar-refractivity contribution is -0.144. The minimum Gasteiger partial charge on any atom is -0.480 e. The van der Waals surface area contributed by atoms with E-state index in [1.54, 1.807) is 18.2 Å². The first-order chi connectivity index (χ1) is 9.95. The van der Waals surface area contributed by atoms with Gasteiger partial charge >= 0.3 is 5.97 Å². The standard InChI is InChI=1S/C15H20Cl2N2O2/c1-3-18-7-8-19(9-10(18)2)14(15(20)21)13-11(16)5-4-6-12(13)17/h4-6,10,14H,3,7-9H2,1-2H3,(H,20,21). The Labute approximate surface area is 135 Å². The summed E-state index contributed by atoms with van der Waals surface area (Å²) in [5.74, 6) is -0.915. The zero-order valence-electron chi connectivity index (χ0n) is 12.2. The average Bonchev–Trinajstić information content (AvgIpc) is 2.42. The van der Waals surface area contributed by atoms with Crippen LogP contribution in [0, 0.1) is 0 Å². The van der Waals surface area contributed by atoms with E-state index < -0.39 is 12.0 Å². The third kappa shape index (κ3) is 3.51. The molecule has 1 aliphatic heterocycles. The second kappa shape index (κ2) is 6.97. The molecule has 1 aliphatic rings. The van der Waals surface area contributed by atoms with E-state index in [-0.39, 0.29) is 0 Å². The minimum atomic E-state index is -0.915. The van der Waals surface area contributed by atoms with Gasteiger partial charge in [0.05, 0.1) is 0 Å². The van der Waals surface area contributed by atoms with Crippen LogP contribution in [0.2, 0.25) is 10.0 Å². The van der Waals surface area contributed by atoms with Crippen LogP contribution in [-0.4, -0.2) is 53.1 Å². The van der Waals surface area contributed by atoms with Crippen molar-refractivity contribution in [1.29, 1.82) is 0 Å². The number of hydrogen-bond acceptors (Lipinski definition) is 3. The summed E-state index contributed by atoms with van der Waals surface area (Å²) in [4.78, 5) is 16.1. The molecule has 1 fully saturated rings. The molecule has 4 nitrogen and oxygen atoms in total. The maximum absolute atomic E-state index is 11.8. The summed E-state index contributed by atoms with van der Waals surface area (Å²) in [6.07, 6.45) is 0. The summed E-state index contributed by atoms with van der Waals surface area (Å²) in [6.45, 7) is 7.43. The second-order valence-corrected chi connectivity index (χ2v) is 6.16. The molecule has 0 saturated carbocycles. The lowest BCUT2D eigenvalue weighted by Gasteiger charge is -2.42. The van der Waals surface area contributed by atoms with E-state index in [0.29, 0.717) is 34.7 Å². The molecule has 2 rings (SSSR count). The molecular formula is C15H20Cl2N2O2. The summed E-state index contributed by atoms with van der Waals surface area (Å²) in [5.41, 5.74) is 0.491. The van der Waals surface area contributed by atoms with Crippen LogP contribution >= 0.6 is 23.2 Å². The first kappa shape index (κ1) is 16.6. The van der Waals surface area contributed by atoms with Gasteiger partial charge in [0.1, 0.15) is 6.04 Å². The van der Waals surface area contributed by atoms with Crippen molar-refractivity contribution in [2.75, 3.05) is 26.2 Å². The molecule has 1 heterocycles. The van der Waals surface area contributed by atoms with Gasteiger partial charge in [0.25, 0.3) is 0 Å². The van der Waals surface area contributed by atoms with E-state index in [0.717, 1.165) is 13.1 Å². The van der Waals surface area contributed by atoms with Gasteiger partial charge in [-0.25, -0.2) is 0 Å². The van der Waals surface area contributed by atoms with Crippen molar-refractivity contribution in [3.63, 3.8) is 0 Å². The summed E-state index contributed by atoms with van der Waals surface area (Å²) < 4.78 is 0. The van der Waals surface area contributed by atoms with Gasteiger partial charge in [-0.3, -0.25) is 14.6 Å². The highest BCUT2D eigenvalue weighted by Gasteiger charge is 2.35. The molecule has 2 atom stereocenters. The van der Waals surface area contributed by atoms with Crippen LogP contribution in [0.15, 0.2) is 18.2 Å². The maximum atomic E-state index is 11.8. The summed E-state index contributed by atoms with van der Waals surface area (Å²) in [6, 6.07) is 4.61. The monoisotopic (exact) mass is 330 g/mol. The van der Waals surface area contributed by atoms with E-state index in [1.165, 1.54) is 0 Å². The van der Waals surface area contributed by atoms with Crippen LogP contribution in [0.25, 0.3) is 0 Å². The topological polar surface area (TPSA) is 43.8 Å². The number of piperazine rings is 1. The Balaban J connectivity index is 2.31. The van der Waals surface area contributed by atoms with Crippen molar-refractivity contribution in [2.45, 2.75) is 25.9 Å². The Morgan fingerprint density at radius 3 is 2.48 bits per heavy atom. The Bertz CT molecular complexity index is 504. The molecule has 0 bridgehead atoms. The molecule has 21 heavy (non-hydrogen) atoms. The van der Waals surface area contributed by atoms with Gasteiger partial charge in [0, 0.05) is 41.3 Å². The summed E-state index contributed by atoms with van der Waals surface area (Å²) >= 11 is 12.4. The fourth-order valence-corrected chi connectivity index (χ4v) is 3.57. The third-order valence-electron chi connectivity index (χ3n) is 4.07. The number of carboxylic acid groups (broad SMARTS) is 1. The highest BCUT2D eigenvalue weighted by Crippen LogP contribution is 2.34. The Kier molecular flexibility index (Phi) is 5.49. The van der Waals surface area contributed by atoms with Crippen molar-refractivity contribution < 1.29 is 9.90 Å². The average molecular weight is 331 g/mol. The van der Waals surface area contributed by atoms with Gasteiger partial charge < -0.3 is 5.11 Å². The van der Waals surface area contributed by atoms with Crippen molar-refractivity contribution in [3.8, 4) is 0 Å². The fraction of sp³-hybridized carbons (Fsp3) is 0.533. The third-order valence-corrected chi connectivity index (χ3v) is 4.73. The number of likely N-dealkylation sites (N-methyl/N-ethyl adjacent to an activating group) is 1. The number of aliphatic carboxylic acids is 1. The minimum absolute atomic E-state index is 0.312. The predicted molar refractivity (Wildman–Crippen MR) is 85.1 cm³/mol. The molecule has 116 valence electrons. The smallest absolute Gasteiger partial charge is 0.325 e. The van der Waals surface area contributed by atoms with Crippen molar-refractivity contribution in [2.24, 2.45) is 0 Å². The fourth-order valence-electron chi connectivity index (χ4n) is 2.96. The van der Waals surface area contributed by atoms with E-state index >= 15 is 0 Å². The molecule has 1 aromatic carbocycles.